The maximum Gasteiger partial charge on any atom is 0.0341 e. The van der Waals surface area contributed by atoms with Crippen LogP contribution in [0.3, 0.4) is 0 Å². The van der Waals surface area contributed by atoms with Crippen molar-refractivity contribution in [3.05, 3.63) is 0 Å². The molecule has 0 fully saturated rings. The Morgan fingerprint density at radius 2 is 1.27 bits per heavy atom. The van der Waals surface area contributed by atoms with Crippen molar-refractivity contribution in [2.45, 2.75) is 64.5 Å². The van der Waals surface area contributed by atoms with Crippen LogP contribution in [0.15, 0.2) is 0 Å². The maximum atomic E-state index is 2.42. The largest absolute Gasteiger partial charge is 0.0654 e. The highest BCUT2D eigenvalue weighted by molar-refractivity contribution is 6.39. The zero-order valence-corrected chi connectivity index (χ0v) is 9.72. The van der Waals surface area contributed by atoms with E-state index >= 15 is 0 Å². The lowest BCUT2D eigenvalue weighted by Crippen LogP contribution is -2.05. The molecule has 0 N–H and O–H groups in total. The molecule has 0 spiro atoms. The first kappa shape index (κ1) is 11.2. The third-order valence-electron chi connectivity index (χ3n) is 2.15. The van der Waals surface area contributed by atoms with Crippen molar-refractivity contribution in [2.75, 3.05) is 0 Å². The van der Waals surface area contributed by atoms with Crippen LogP contribution in [-0.4, -0.2) is 9.52 Å². The summed E-state index contributed by atoms with van der Waals surface area (Å²) in [5.74, 6) is 0. The molecule has 2 atom stereocenters. The third-order valence-corrected chi connectivity index (χ3v) is 4.13. The van der Waals surface area contributed by atoms with E-state index in [0.717, 1.165) is 11.1 Å². The molecular weight excluding hydrogens is 148 g/mol. The molecule has 0 aliphatic heterocycles. The summed E-state index contributed by atoms with van der Waals surface area (Å²) in [6.07, 6.45) is 5.63. The summed E-state index contributed by atoms with van der Waals surface area (Å²) in [5, 5.41) is 0. The molecule has 2 unspecified atom stereocenters. The van der Waals surface area contributed by atoms with Crippen LogP contribution in [0.25, 0.3) is 0 Å². The van der Waals surface area contributed by atoms with Crippen LogP contribution in [0, 0.1) is 0 Å². The second-order valence-corrected chi connectivity index (χ2v) is 6.39. The Morgan fingerprint density at radius 3 is 1.55 bits per heavy atom. The molecule has 0 bridgehead atoms. The first-order chi connectivity index (χ1) is 5.20. The van der Waals surface area contributed by atoms with Crippen LogP contribution in [0.2, 0.25) is 11.1 Å². The molecule has 0 aliphatic carbocycles. The second-order valence-electron chi connectivity index (χ2n) is 3.72. The van der Waals surface area contributed by atoms with Gasteiger partial charge >= 0.3 is 0 Å². The average molecular weight is 171 g/mol. The Morgan fingerprint density at radius 1 is 0.909 bits per heavy atom. The van der Waals surface area contributed by atoms with Crippen LogP contribution in [0.1, 0.15) is 53.4 Å². The molecule has 0 aromatic carbocycles. The van der Waals surface area contributed by atoms with Gasteiger partial charge in [0.05, 0.1) is 0 Å². The maximum absolute atomic E-state index is 2.42. The minimum Gasteiger partial charge on any atom is -0.0654 e. The van der Waals surface area contributed by atoms with E-state index in [1.54, 1.807) is 0 Å². The van der Waals surface area contributed by atoms with Gasteiger partial charge in [-0.15, -0.1) is 0 Å². The van der Waals surface area contributed by atoms with Crippen molar-refractivity contribution in [1.29, 1.82) is 0 Å². The van der Waals surface area contributed by atoms with Gasteiger partial charge in [-0.3, -0.25) is 0 Å². The van der Waals surface area contributed by atoms with E-state index in [1.807, 2.05) is 0 Å². The molecule has 0 nitrogen and oxygen atoms in total. The van der Waals surface area contributed by atoms with E-state index in [2.05, 4.69) is 27.7 Å². The van der Waals surface area contributed by atoms with E-state index < -0.39 is 0 Å². The molecule has 11 heavy (non-hydrogen) atoms. The molecule has 1 heteroatoms. The molecule has 0 aliphatic rings. The van der Waals surface area contributed by atoms with Crippen molar-refractivity contribution < 1.29 is 0 Å². The summed E-state index contributed by atoms with van der Waals surface area (Å²) >= 11 is 0. The van der Waals surface area contributed by atoms with Crippen LogP contribution < -0.4 is 0 Å². The number of hydrogen-bond donors (Lipinski definition) is 0. The van der Waals surface area contributed by atoms with Crippen LogP contribution in [0.4, 0.5) is 0 Å². The van der Waals surface area contributed by atoms with Gasteiger partial charge in [-0.05, 0) is 0 Å². The summed E-state index contributed by atoms with van der Waals surface area (Å²) in [6, 6.07) is 0. The summed E-state index contributed by atoms with van der Waals surface area (Å²) < 4.78 is 0. The monoisotopic (exact) mass is 171 g/mol. The Hall–Kier alpha value is 0.217. The molecule has 0 heterocycles. The van der Waals surface area contributed by atoms with Gasteiger partial charge in [0.1, 0.15) is 0 Å². The molecule has 0 aromatic heterocycles. The first-order valence-corrected chi connectivity index (χ1v) is 6.39. The minimum atomic E-state index is 0.716. The predicted octanol–water partition coefficient (Wildman–Crippen LogP) is 3.64. The van der Waals surface area contributed by atoms with E-state index in [-0.39, 0.29) is 0 Å². The highest BCUT2D eigenvalue weighted by Gasteiger charge is 2.07. The van der Waals surface area contributed by atoms with Crippen molar-refractivity contribution in [1.82, 2.24) is 0 Å². The fourth-order valence-corrected chi connectivity index (χ4v) is 3.84. The van der Waals surface area contributed by atoms with Gasteiger partial charge in [0, 0.05) is 9.52 Å². The van der Waals surface area contributed by atoms with Crippen LogP contribution in [0.5, 0.6) is 0 Å². The Bertz CT molecular complexity index is 70.9. The lowest BCUT2D eigenvalue weighted by molar-refractivity contribution is 0.715. The van der Waals surface area contributed by atoms with Gasteiger partial charge in [-0.25, -0.2) is 0 Å². The summed E-state index contributed by atoms with van der Waals surface area (Å²) in [4.78, 5) is 0. The van der Waals surface area contributed by atoms with E-state index in [1.165, 1.54) is 25.7 Å². The Kier molecular flexibility index (Phi) is 7.03. The Balaban J connectivity index is 3.32. The fraction of sp³-hybridized carbons (Fsp3) is 1.00. The third kappa shape index (κ3) is 6.61. The van der Waals surface area contributed by atoms with Gasteiger partial charge in [0.25, 0.3) is 0 Å². The summed E-state index contributed by atoms with van der Waals surface area (Å²) in [7, 11) is 0.716. The van der Waals surface area contributed by atoms with E-state index in [9.17, 15) is 0 Å². The van der Waals surface area contributed by atoms with Crippen LogP contribution in [-0.2, 0) is 0 Å². The molecule has 67 valence electrons. The summed E-state index contributed by atoms with van der Waals surface area (Å²) in [5.41, 5.74) is 2.06. The molecule has 0 rings (SSSR count). The van der Waals surface area contributed by atoms with Gasteiger partial charge in [-0.2, -0.15) is 0 Å². The van der Waals surface area contributed by atoms with Gasteiger partial charge < -0.3 is 0 Å². The van der Waals surface area contributed by atoms with Crippen molar-refractivity contribution >= 4 is 9.52 Å². The summed E-state index contributed by atoms with van der Waals surface area (Å²) in [6.45, 7) is 9.43. The molecule has 1 radical (unpaired) electrons. The molecule has 0 saturated carbocycles. The zero-order valence-electron chi connectivity index (χ0n) is 8.56. The van der Waals surface area contributed by atoms with E-state index in [0.29, 0.717) is 9.52 Å². The zero-order chi connectivity index (χ0) is 8.69. The standard InChI is InChI=1S/C10H23Si/c1-5-7-9(3)11-10(4)8-6-2/h9-11H,5-8H2,1-4H3. The quantitative estimate of drug-likeness (QED) is 0.535. The number of hydrogen-bond acceptors (Lipinski definition) is 0. The average Bonchev–Trinajstić information content (AvgIpc) is 1.87. The normalized spacial score (nSPS) is 16.4. The lowest BCUT2D eigenvalue weighted by Gasteiger charge is -2.14. The fourth-order valence-electron chi connectivity index (χ4n) is 1.66. The topological polar surface area (TPSA) is 0 Å². The van der Waals surface area contributed by atoms with Gasteiger partial charge in [0.15, 0.2) is 0 Å². The minimum absolute atomic E-state index is 0.716. The van der Waals surface area contributed by atoms with E-state index in [4.69, 9.17) is 0 Å². The van der Waals surface area contributed by atoms with Gasteiger partial charge in [0.2, 0.25) is 0 Å². The predicted molar refractivity (Wildman–Crippen MR) is 55.8 cm³/mol. The van der Waals surface area contributed by atoms with Crippen molar-refractivity contribution in [3.8, 4) is 0 Å². The van der Waals surface area contributed by atoms with Gasteiger partial charge in [-0.1, -0.05) is 64.5 Å². The highest BCUT2D eigenvalue weighted by Crippen LogP contribution is 2.20. The molecule has 0 saturated heterocycles. The first-order valence-electron chi connectivity index (χ1n) is 5.05. The smallest absolute Gasteiger partial charge is 0.0341 e. The SMILES string of the molecule is CCCC(C)[SiH]C(C)CCC. The van der Waals surface area contributed by atoms with Crippen molar-refractivity contribution in [3.63, 3.8) is 0 Å². The molecular formula is C10H23Si. The highest BCUT2D eigenvalue weighted by atomic mass is 28.2. The second kappa shape index (κ2) is 6.90. The van der Waals surface area contributed by atoms with Crippen molar-refractivity contribution in [2.24, 2.45) is 0 Å². The molecule has 0 amide bonds. The van der Waals surface area contributed by atoms with Crippen LogP contribution >= 0.6 is 0 Å². The number of rotatable bonds is 6. The molecule has 0 aromatic rings. The Labute approximate surface area is 74.6 Å². The lowest BCUT2D eigenvalue weighted by atomic mass is 10.3.